The van der Waals surface area contributed by atoms with E-state index >= 15 is 0 Å². The van der Waals surface area contributed by atoms with Crippen LogP contribution < -0.4 is 10.1 Å². The summed E-state index contributed by atoms with van der Waals surface area (Å²) in [5.41, 5.74) is 2.15. The molecule has 0 saturated carbocycles. The van der Waals surface area contributed by atoms with Crippen molar-refractivity contribution in [2.45, 2.75) is 27.2 Å². The van der Waals surface area contributed by atoms with E-state index in [1.165, 1.54) is 0 Å². The highest BCUT2D eigenvalue weighted by molar-refractivity contribution is 6.32. The maximum absolute atomic E-state index is 6.11. The second kappa shape index (κ2) is 6.87. The number of benzene rings is 1. The van der Waals surface area contributed by atoms with Gasteiger partial charge in [-0.1, -0.05) is 18.5 Å². The zero-order valence-corrected chi connectivity index (χ0v) is 11.9. The van der Waals surface area contributed by atoms with Crippen molar-refractivity contribution < 1.29 is 4.74 Å². The summed E-state index contributed by atoms with van der Waals surface area (Å²) >= 11 is 6.11. The van der Waals surface area contributed by atoms with Crippen LogP contribution in [0, 0.1) is 19.8 Å². The summed E-state index contributed by atoms with van der Waals surface area (Å²) in [5.74, 6) is 1.55. The van der Waals surface area contributed by atoms with Gasteiger partial charge in [-0.25, -0.2) is 0 Å². The summed E-state index contributed by atoms with van der Waals surface area (Å²) < 4.78 is 5.75. The monoisotopic (exact) mass is 255 g/mol. The Morgan fingerprint density at radius 1 is 1.29 bits per heavy atom. The Kier molecular flexibility index (Phi) is 5.79. The van der Waals surface area contributed by atoms with E-state index in [0.29, 0.717) is 5.92 Å². The number of rotatable bonds is 6. The highest BCUT2D eigenvalue weighted by atomic mass is 35.5. The van der Waals surface area contributed by atoms with Crippen molar-refractivity contribution in [3.8, 4) is 5.75 Å². The Labute approximate surface area is 109 Å². The topological polar surface area (TPSA) is 21.3 Å². The van der Waals surface area contributed by atoms with Crippen LogP contribution in [0.4, 0.5) is 0 Å². The molecule has 0 spiro atoms. The number of hydrogen-bond donors (Lipinski definition) is 1. The predicted molar refractivity (Wildman–Crippen MR) is 74.1 cm³/mol. The van der Waals surface area contributed by atoms with Gasteiger partial charge < -0.3 is 10.1 Å². The number of nitrogens with one attached hydrogen (secondary N) is 1. The molecule has 0 aliphatic carbocycles. The van der Waals surface area contributed by atoms with E-state index < -0.39 is 0 Å². The summed E-state index contributed by atoms with van der Waals surface area (Å²) in [6, 6.07) is 4.00. The molecule has 0 fully saturated rings. The van der Waals surface area contributed by atoms with Gasteiger partial charge in [-0.2, -0.15) is 0 Å². The molecule has 1 unspecified atom stereocenters. The van der Waals surface area contributed by atoms with Crippen LogP contribution in [0.3, 0.4) is 0 Å². The Balaban J connectivity index is 2.47. The average Bonchev–Trinajstić information content (AvgIpc) is 2.26. The van der Waals surface area contributed by atoms with Crippen molar-refractivity contribution in [1.82, 2.24) is 5.32 Å². The molecule has 1 aromatic carbocycles. The van der Waals surface area contributed by atoms with Gasteiger partial charge in [-0.05, 0) is 63.0 Å². The molecule has 0 bridgehead atoms. The lowest BCUT2D eigenvalue weighted by atomic mass is 10.1. The van der Waals surface area contributed by atoms with Crippen molar-refractivity contribution >= 4 is 11.6 Å². The molecule has 3 heteroatoms. The number of hydrogen-bond acceptors (Lipinski definition) is 2. The van der Waals surface area contributed by atoms with Crippen LogP contribution in [-0.4, -0.2) is 20.2 Å². The molecule has 1 N–H and O–H groups in total. The summed E-state index contributed by atoms with van der Waals surface area (Å²) in [6.07, 6.45) is 1.06. The van der Waals surface area contributed by atoms with Gasteiger partial charge in [0.2, 0.25) is 0 Å². The first kappa shape index (κ1) is 14.3. The minimum atomic E-state index is 0.634. The van der Waals surface area contributed by atoms with E-state index in [0.717, 1.165) is 41.5 Å². The molecule has 1 aromatic rings. The van der Waals surface area contributed by atoms with Crippen LogP contribution in [0.25, 0.3) is 0 Å². The molecule has 0 amide bonds. The van der Waals surface area contributed by atoms with Gasteiger partial charge in [-0.3, -0.25) is 0 Å². The number of aryl methyl sites for hydroxylation is 2. The van der Waals surface area contributed by atoms with Crippen LogP contribution in [0.2, 0.25) is 5.02 Å². The molecule has 2 nitrogen and oxygen atoms in total. The second-order valence-electron chi connectivity index (χ2n) is 4.67. The van der Waals surface area contributed by atoms with Gasteiger partial charge in [0.05, 0.1) is 6.61 Å². The first-order chi connectivity index (χ1) is 8.04. The molecular formula is C14H22ClNO. The van der Waals surface area contributed by atoms with E-state index in [2.05, 4.69) is 12.2 Å². The van der Waals surface area contributed by atoms with Gasteiger partial charge in [0, 0.05) is 5.02 Å². The lowest BCUT2D eigenvalue weighted by Crippen LogP contribution is -2.18. The van der Waals surface area contributed by atoms with E-state index in [-0.39, 0.29) is 0 Å². The average molecular weight is 256 g/mol. The summed E-state index contributed by atoms with van der Waals surface area (Å²) in [4.78, 5) is 0. The Hall–Kier alpha value is -0.730. The third-order valence-electron chi connectivity index (χ3n) is 2.84. The summed E-state index contributed by atoms with van der Waals surface area (Å²) in [5, 5.41) is 4.00. The quantitative estimate of drug-likeness (QED) is 0.839. The molecule has 0 aliphatic rings. The molecule has 17 heavy (non-hydrogen) atoms. The standard InChI is InChI=1S/C14H22ClNO/c1-10(9-16-4)5-6-17-13-7-11(2)14(15)12(3)8-13/h7-8,10,16H,5-6,9H2,1-4H3. The van der Waals surface area contributed by atoms with Crippen LogP contribution in [0.5, 0.6) is 5.75 Å². The normalized spacial score (nSPS) is 12.5. The van der Waals surface area contributed by atoms with E-state index in [9.17, 15) is 0 Å². The third-order valence-corrected chi connectivity index (χ3v) is 3.44. The van der Waals surface area contributed by atoms with Crippen LogP contribution in [-0.2, 0) is 0 Å². The van der Waals surface area contributed by atoms with E-state index in [4.69, 9.17) is 16.3 Å². The summed E-state index contributed by atoms with van der Waals surface area (Å²) in [6.45, 7) is 8.02. The van der Waals surface area contributed by atoms with Crippen LogP contribution in [0.1, 0.15) is 24.5 Å². The maximum Gasteiger partial charge on any atom is 0.119 e. The van der Waals surface area contributed by atoms with Crippen molar-refractivity contribution in [2.75, 3.05) is 20.2 Å². The maximum atomic E-state index is 6.11. The predicted octanol–water partition coefficient (Wildman–Crippen LogP) is 3.58. The SMILES string of the molecule is CNCC(C)CCOc1cc(C)c(Cl)c(C)c1. The lowest BCUT2D eigenvalue weighted by molar-refractivity contribution is 0.282. The van der Waals surface area contributed by atoms with Crippen molar-refractivity contribution in [2.24, 2.45) is 5.92 Å². The molecule has 1 atom stereocenters. The summed E-state index contributed by atoms with van der Waals surface area (Å²) in [7, 11) is 1.98. The molecular weight excluding hydrogens is 234 g/mol. The van der Waals surface area contributed by atoms with Gasteiger partial charge in [0.25, 0.3) is 0 Å². The fourth-order valence-electron chi connectivity index (χ4n) is 1.82. The third kappa shape index (κ3) is 4.57. The largest absolute Gasteiger partial charge is 0.494 e. The van der Waals surface area contributed by atoms with E-state index in [1.807, 2.05) is 33.0 Å². The first-order valence-electron chi connectivity index (χ1n) is 6.08. The zero-order chi connectivity index (χ0) is 12.8. The first-order valence-corrected chi connectivity index (χ1v) is 6.46. The molecule has 0 saturated heterocycles. The van der Waals surface area contributed by atoms with Crippen molar-refractivity contribution in [1.29, 1.82) is 0 Å². The molecule has 0 radical (unpaired) electrons. The van der Waals surface area contributed by atoms with Gasteiger partial charge in [0.15, 0.2) is 0 Å². The Morgan fingerprint density at radius 3 is 2.41 bits per heavy atom. The number of halogens is 1. The number of ether oxygens (including phenoxy) is 1. The Morgan fingerprint density at radius 2 is 1.88 bits per heavy atom. The molecule has 96 valence electrons. The van der Waals surface area contributed by atoms with Gasteiger partial charge in [0.1, 0.15) is 5.75 Å². The van der Waals surface area contributed by atoms with Crippen LogP contribution in [0.15, 0.2) is 12.1 Å². The Bertz CT molecular complexity index is 342. The van der Waals surface area contributed by atoms with E-state index in [1.54, 1.807) is 0 Å². The molecule has 0 aliphatic heterocycles. The van der Waals surface area contributed by atoms with Crippen LogP contribution >= 0.6 is 11.6 Å². The van der Waals surface area contributed by atoms with Crippen molar-refractivity contribution in [3.05, 3.63) is 28.3 Å². The minimum absolute atomic E-state index is 0.634. The highest BCUT2D eigenvalue weighted by Crippen LogP contribution is 2.25. The fourth-order valence-corrected chi connectivity index (χ4v) is 1.93. The van der Waals surface area contributed by atoms with Gasteiger partial charge >= 0.3 is 0 Å². The fraction of sp³-hybridized carbons (Fsp3) is 0.571. The molecule has 0 heterocycles. The van der Waals surface area contributed by atoms with Crippen molar-refractivity contribution in [3.63, 3.8) is 0 Å². The molecule has 1 rings (SSSR count). The second-order valence-corrected chi connectivity index (χ2v) is 5.05. The minimum Gasteiger partial charge on any atom is -0.494 e. The van der Waals surface area contributed by atoms with Gasteiger partial charge in [-0.15, -0.1) is 0 Å². The highest BCUT2D eigenvalue weighted by Gasteiger charge is 2.05. The smallest absolute Gasteiger partial charge is 0.119 e. The zero-order valence-electron chi connectivity index (χ0n) is 11.1. The lowest BCUT2D eigenvalue weighted by Gasteiger charge is -2.13. The molecule has 0 aromatic heterocycles.